The number of allylic oxidation sites excluding steroid dienone is 1. The molecular weight excluding hydrogens is 234 g/mol. The number of dihydropyridines is 1. The Bertz CT molecular complexity index is 587. The minimum absolute atomic E-state index is 0.823. The number of para-hydroxylation sites is 1. The van der Waals surface area contributed by atoms with Gasteiger partial charge in [-0.05, 0) is 29.8 Å². The van der Waals surface area contributed by atoms with Crippen LogP contribution in [0.1, 0.15) is 5.56 Å². The van der Waals surface area contributed by atoms with Crippen LogP contribution >= 0.6 is 0 Å². The average molecular weight is 248 g/mol. The maximum Gasteiger partial charge on any atom is 0.127 e. The number of hydrogen-bond donors (Lipinski definition) is 1. The van der Waals surface area contributed by atoms with Crippen LogP contribution in [0, 0.1) is 6.04 Å². The van der Waals surface area contributed by atoms with E-state index in [2.05, 4.69) is 17.4 Å². The van der Waals surface area contributed by atoms with Gasteiger partial charge in [0.2, 0.25) is 0 Å². The lowest BCUT2D eigenvalue weighted by Gasteiger charge is -2.18. The predicted octanol–water partition coefficient (Wildman–Crippen LogP) is 3.65. The van der Waals surface area contributed by atoms with Crippen LogP contribution in [0.2, 0.25) is 0 Å². The molecule has 2 heteroatoms. The molecule has 1 radical (unpaired) electrons. The van der Waals surface area contributed by atoms with Crippen LogP contribution in [-0.2, 0) is 0 Å². The number of nitrogens with one attached hydrogen (secondary N) is 1. The second kappa shape index (κ2) is 5.44. The van der Waals surface area contributed by atoms with E-state index in [-0.39, 0.29) is 0 Å². The Morgan fingerprint density at radius 1 is 0.789 bits per heavy atom. The molecule has 2 aromatic carbocycles. The Morgan fingerprint density at radius 2 is 1.47 bits per heavy atom. The van der Waals surface area contributed by atoms with Gasteiger partial charge in [0.25, 0.3) is 0 Å². The molecule has 0 unspecified atom stereocenters. The van der Waals surface area contributed by atoms with Crippen LogP contribution in [0.15, 0.2) is 84.8 Å². The molecule has 19 heavy (non-hydrogen) atoms. The van der Waals surface area contributed by atoms with Crippen molar-refractivity contribution in [3.8, 4) is 5.75 Å². The summed E-state index contributed by atoms with van der Waals surface area (Å²) in [4.78, 5) is 0. The van der Waals surface area contributed by atoms with Gasteiger partial charge >= 0.3 is 0 Å². The maximum absolute atomic E-state index is 5.82. The molecule has 0 spiro atoms. The van der Waals surface area contributed by atoms with Crippen LogP contribution in [0.4, 0.5) is 0 Å². The minimum atomic E-state index is 0.823. The first-order chi connectivity index (χ1) is 9.42. The summed E-state index contributed by atoms with van der Waals surface area (Å²) in [5, 5.41) is 3.23. The number of hydrogen-bond acceptors (Lipinski definition) is 2. The van der Waals surface area contributed by atoms with Crippen molar-refractivity contribution in [1.82, 2.24) is 5.32 Å². The van der Waals surface area contributed by atoms with E-state index in [9.17, 15) is 0 Å². The third-order valence-electron chi connectivity index (χ3n) is 2.84. The molecule has 0 amide bonds. The van der Waals surface area contributed by atoms with Gasteiger partial charge in [-0.1, -0.05) is 48.5 Å². The summed E-state index contributed by atoms with van der Waals surface area (Å²) in [5.41, 5.74) is 1.14. The molecule has 2 nitrogen and oxygen atoms in total. The SMILES string of the molecule is C1=CC(Oc2ccccc2)=C[C](c2ccccc2)N1. The first-order valence-electron chi connectivity index (χ1n) is 6.22. The van der Waals surface area contributed by atoms with Crippen molar-refractivity contribution in [2.24, 2.45) is 0 Å². The molecular formula is C17H14NO. The lowest BCUT2D eigenvalue weighted by atomic mass is 10.0. The van der Waals surface area contributed by atoms with Crippen LogP contribution in [0.5, 0.6) is 5.75 Å². The van der Waals surface area contributed by atoms with Gasteiger partial charge in [0.15, 0.2) is 0 Å². The fourth-order valence-electron chi connectivity index (χ4n) is 1.92. The minimum Gasteiger partial charge on any atom is -0.458 e. The second-order valence-corrected chi connectivity index (χ2v) is 4.22. The molecule has 1 aliphatic rings. The van der Waals surface area contributed by atoms with Crippen molar-refractivity contribution in [1.29, 1.82) is 0 Å². The number of ether oxygens (including phenoxy) is 1. The quantitative estimate of drug-likeness (QED) is 0.895. The first-order valence-corrected chi connectivity index (χ1v) is 6.22. The zero-order chi connectivity index (χ0) is 12.9. The van der Waals surface area contributed by atoms with Gasteiger partial charge in [0.1, 0.15) is 17.6 Å². The molecule has 0 saturated carbocycles. The average Bonchev–Trinajstić information content (AvgIpc) is 2.49. The van der Waals surface area contributed by atoms with Gasteiger partial charge < -0.3 is 10.1 Å². The zero-order valence-corrected chi connectivity index (χ0v) is 10.4. The Labute approximate surface area is 113 Å². The highest BCUT2D eigenvalue weighted by Gasteiger charge is 2.12. The number of rotatable bonds is 3. The van der Waals surface area contributed by atoms with E-state index >= 15 is 0 Å². The van der Waals surface area contributed by atoms with Gasteiger partial charge in [-0.3, -0.25) is 0 Å². The Morgan fingerprint density at radius 3 is 2.21 bits per heavy atom. The highest BCUT2D eigenvalue weighted by atomic mass is 16.5. The van der Waals surface area contributed by atoms with E-state index in [1.165, 1.54) is 0 Å². The summed E-state index contributed by atoms with van der Waals surface area (Å²) in [6, 6.07) is 21.0. The lowest BCUT2D eigenvalue weighted by Crippen LogP contribution is -2.18. The van der Waals surface area contributed by atoms with E-state index in [1.807, 2.05) is 66.9 Å². The summed E-state index contributed by atoms with van der Waals surface area (Å²) in [5.74, 6) is 1.66. The molecule has 1 aliphatic heterocycles. The molecule has 0 bridgehead atoms. The Hall–Kier alpha value is -2.48. The van der Waals surface area contributed by atoms with Crippen molar-refractivity contribution in [2.75, 3.05) is 0 Å². The molecule has 0 atom stereocenters. The van der Waals surface area contributed by atoms with E-state index in [0.717, 1.165) is 23.1 Å². The third-order valence-corrected chi connectivity index (χ3v) is 2.84. The van der Waals surface area contributed by atoms with Crippen molar-refractivity contribution in [3.63, 3.8) is 0 Å². The number of benzene rings is 2. The first kappa shape index (κ1) is 11.6. The van der Waals surface area contributed by atoms with Crippen LogP contribution in [-0.4, -0.2) is 0 Å². The van der Waals surface area contributed by atoms with Gasteiger partial charge in [0.05, 0.1) is 0 Å². The van der Waals surface area contributed by atoms with E-state index in [1.54, 1.807) is 0 Å². The van der Waals surface area contributed by atoms with E-state index in [0.29, 0.717) is 0 Å². The fourth-order valence-corrected chi connectivity index (χ4v) is 1.92. The summed E-state index contributed by atoms with van der Waals surface area (Å²) >= 11 is 0. The molecule has 0 fully saturated rings. The van der Waals surface area contributed by atoms with Crippen LogP contribution in [0.3, 0.4) is 0 Å². The van der Waals surface area contributed by atoms with Gasteiger partial charge in [0, 0.05) is 6.20 Å². The summed E-state index contributed by atoms with van der Waals surface area (Å²) in [6.07, 6.45) is 5.81. The molecule has 2 aromatic rings. The van der Waals surface area contributed by atoms with Crippen molar-refractivity contribution >= 4 is 0 Å². The predicted molar refractivity (Wildman–Crippen MR) is 76.2 cm³/mol. The highest BCUT2D eigenvalue weighted by molar-refractivity contribution is 5.42. The molecule has 3 rings (SSSR count). The van der Waals surface area contributed by atoms with Crippen molar-refractivity contribution < 1.29 is 4.74 Å². The zero-order valence-electron chi connectivity index (χ0n) is 10.4. The molecule has 93 valence electrons. The summed E-state index contributed by atoms with van der Waals surface area (Å²) in [7, 11) is 0. The van der Waals surface area contributed by atoms with Crippen LogP contribution in [0.25, 0.3) is 0 Å². The fraction of sp³-hybridized carbons (Fsp3) is 0. The normalized spacial score (nSPS) is 14.6. The molecule has 0 saturated heterocycles. The largest absolute Gasteiger partial charge is 0.458 e. The van der Waals surface area contributed by atoms with Crippen molar-refractivity contribution in [2.45, 2.75) is 0 Å². The molecule has 0 aromatic heterocycles. The standard InChI is InChI=1S/C17H14NO/c1-3-7-14(8-4-1)17-13-16(11-12-18-17)19-15-9-5-2-6-10-15/h1-13,18H. The monoisotopic (exact) mass is 248 g/mol. The second-order valence-electron chi connectivity index (χ2n) is 4.22. The van der Waals surface area contributed by atoms with Crippen molar-refractivity contribution in [3.05, 3.63) is 96.4 Å². The highest BCUT2D eigenvalue weighted by Crippen LogP contribution is 2.21. The van der Waals surface area contributed by atoms with E-state index in [4.69, 9.17) is 4.74 Å². The van der Waals surface area contributed by atoms with Gasteiger partial charge in [-0.2, -0.15) is 0 Å². The van der Waals surface area contributed by atoms with E-state index < -0.39 is 0 Å². The molecule has 1 heterocycles. The molecule has 1 N–H and O–H groups in total. The smallest absolute Gasteiger partial charge is 0.127 e. The summed E-state index contributed by atoms with van der Waals surface area (Å²) < 4.78 is 5.82. The molecule has 0 aliphatic carbocycles. The Balaban J connectivity index is 1.79. The topological polar surface area (TPSA) is 21.3 Å². The third kappa shape index (κ3) is 2.86. The lowest BCUT2D eigenvalue weighted by molar-refractivity contribution is 0.440. The van der Waals surface area contributed by atoms with Gasteiger partial charge in [-0.25, -0.2) is 0 Å². The summed E-state index contributed by atoms with van der Waals surface area (Å²) in [6.45, 7) is 0. The van der Waals surface area contributed by atoms with Crippen LogP contribution < -0.4 is 10.1 Å². The maximum atomic E-state index is 5.82. The van der Waals surface area contributed by atoms with Gasteiger partial charge in [-0.15, -0.1) is 0 Å². The Kier molecular flexibility index (Phi) is 3.32.